The third-order valence-electron chi connectivity index (χ3n) is 3.67. The number of benzene rings is 1. The SMILES string of the molecule is CC(NC(=O)CN1C(=O)CSc2ccccc21)c1cccnc1. The van der Waals surface area contributed by atoms with Gasteiger partial charge in [-0.05, 0) is 30.7 Å². The third-order valence-corrected chi connectivity index (χ3v) is 4.72. The first-order valence-electron chi connectivity index (χ1n) is 7.36. The minimum absolute atomic E-state index is 0.0288. The molecule has 0 saturated carbocycles. The summed E-state index contributed by atoms with van der Waals surface area (Å²) in [5.74, 6) is 0.136. The second-order valence-electron chi connectivity index (χ2n) is 5.31. The highest BCUT2D eigenvalue weighted by Gasteiger charge is 2.26. The zero-order valence-electron chi connectivity index (χ0n) is 12.7. The fourth-order valence-corrected chi connectivity index (χ4v) is 3.41. The molecule has 0 aliphatic carbocycles. The number of nitrogens with one attached hydrogen (secondary N) is 1. The van der Waals surface area contributed by atoms with Crippen molar-refractivity contribution in [3.63, 3.8) is 0 Å². The number of rotatable bonds is 4. The van der Waals surface area contributed by atoms with Crippen LogP contribution in [0.4, 0.5) is 5.69 Å². The highest BCUT2D eigenvalue weighted by molar-refractivity contribution is 8.00. The number of pyridine rings is 1. The Morgan fingerprint density at radius 2 is 2.17 bits per heavy atom. The normalized spacial score (nSPS) is 15.0. The first-order chi connectivity index (χ1) is 11.1. The second kappa shape index (κ2) is 6.83. The zero-order chi connectivity index (χ0) is 16.2. The molecule has 1 aliphatic rings. The minimum Gasteiger partial charge on any atom is -0.348 e. The third kappa shape index (κ3) is 3.53. The van der Waals surface area contributed by atoms with E-state index in [-0.39, 0.29) is 24.4 Å². The molecule has 2 aromatic rings. The van der Waals surface area contributed by atoms with Gasteiger partial charge in [-0.2, -0.15) is 0 Å². The molecule has 0 bridgehead atoms. The average molecular weight is 327 g/mol. The smallest absolute Gasteiger partial charge is 0.240 e. The first kappa shape index (κ1) is 15.6. The molecule has 6 heteroatoms. The van der Waals surface area contributed by atoms with E-state index in [1.54, 1.807) is 17.3 Å². The number of para-hydroxylation sites is 1. The van der Waals surface area contributed by atoms with E-state index in [1.165, 1.54) is 11.8 Å². The first-order valence-corrected chi connectivity index (χ1v) is 8.35. The van der Waals surface area contributed by atoms with E-state index in [1.807, 2.05) is 43.3 Å². The van der Waals surface area contributed by atoms with Gasteiger partial charge in [0.15, 0.2) is 0 Å². The Balaban J connectivity index is 1.69. The highest BCUT2D eigenvalue weighted by atomic mass is 32.2. The Morgan fingerprint density at radius 1 is 1.35 bits per heavy atom. The van der Waals surface area contributed by atoms with Gasteiger partial charge >= 0.3 is 0 Å². The number of fused-ring (bicyclic) bond motifs is 1. The van der Waals surface area contributed by atoms with Gasteiger partial charge in [0, 0.05) is 17.3 Å². The topological polar surface area (TPSA) is 62.3 Å². The van der Waals surface area contributed by atoms with Crippen LogP contribution >= 0.6 is 11.8 Å². The van der Waals surface area contributed by atoms with Crippen LogP contribution in [0.3, 0.4) is 0 Å². The molecule has 1 aromatic carbocycles. The molecular weight excluding hydrogens is 310 g/mol. The Labute approximate surface area is 139 Å². The molecule has 0 spiro atoms. The maximum Gasteiger partial charge on any atom is 0.240 e. The van der Waals surface area contributed by atoms with Gasteiger partial charge in [-0.3, -0.25) is 14.6 Å². The fraction of sp³-hybridized carbons (Fsp3) is 0.235. The van der Waals surface area contributed by atoms with Gasteiger partial charge in [0.1, 0.15) is 6.54 Å². The molecule has 2 heterocycles. The number of hydrogen-bond donors (Lipinski definition) is 1. The monoisotopic (exact) mass is 327 g/mol. The van der Waals surface area contributed by atoms with E-state index in [2.05, 4.69) is 10.3 Å². The Hall–Kier alpha value is -2.34. The number of aromatic nitrogens is 1. The van der Waals surface area contributed by atoms with Crippen molar-refractivity contribution < 1.29 is 9.59 Å². The number of amides is 2. The van der Waals surface area contributed by atoms with E-state index >= 15 is 0 Å². The quantitative estimate of drug-likeness (QED) is 0.937. The molecule has 1 unspecified atom stereocenters. The maximum absolute atomic E-state index is 12.3. The predicted molar refractivity (Wildman–Crippen MR) is 90.3 cm³/mol. The predicted octanol–water partition coefficient (Wildman–Crippen LogP) is 2.40. The summed E-state index contributed by atoms with van der Waals surface area (Å²) < 4.78 is 0. The van der Waals surface area contributed by atoms with Gasteiger partial charge in [0.25, 0.3) is 0 Å². The van der Waals surface area contributed by atoms with E-state index in [4.69, 9.17) is 0 Å². The molecule has 0 radical (unpaired) electrons. The molecule has 1 N–H and O–H groups in total. The molecule has 1 aliphatic heterocycles. The lowest BCUT2D eigenvalue weighted by Gasteiger charge is -2.28. The van der Waals surface area contributed by atoms with E-state index in [9.17, 15) is 9.59 Å². The van der Waals surface area contributed by atoms with Crippen LogP contribution in [0.2, 0.25) is 0 Å². The summed E-state index contributed by atoms with van der Waals surface area (Å²) in [6.07, 6.45) is 3.42. The molecule has 1 aromatic heterocycles. The van der Waals surface area contributed by atoms with Gasteiger partial charge in [0.05, 0.1) is 17.5 Å². The molecule has 118 valence electrons. The molecule has 0 saturated heterocycles. The van der Waals surface area contributed by atoms with Crippen LogP contribution in [-0.2, 0) is 9.59 Å². The van der Waals surface area contributed by atoms with E-state index < -0.39 is 0 Å². The maximum atomic E-state index is 12.3. The number of anilines is 1. The van der Waals surface area contributed by atoms with Crippen LogP contribution in [0.1, 0.15) is 18.5 Å². The molecule has 0 fully saturated rings. The van der Waals surface area contributed by atoms with Crippen LogP contribution < -0.4 is 10.2 Å². The summed E-state index contributed by atoms with van der Waals surface area (Å²) >= 11 is 1.51. The van der Waals surface area contributed by atoms with Crippen molar-refractivity contribution in [3.8, 4) is 0 Å². The number of thioether (sulfide) groups is 1. The van der Waals surface area contributed by atoms with Crippen LogP contribution in [0.5, 0.6) is 0 Å². The Bertz CT molecular complexity index is 721. The van der Waals surface area contributed by atoms with Crippen molar-refractivity contribution in [2.45, 2.75) is 17.9 Å². The largest absolute Gasteiger partial charge is 0.348 e. The lowest BCUT2D eigenvalue weighted by molar-refractivity contribution is -0.123. The van der Waals surface area contributed by atoms with Crippen molar-refractivity contribution in [2.75, 3.05) is 17.2 Å². The fourth-order valence-electron chi connectivity index (χ4n) is 2.47. The standard InChI is InChI=1S/C17H17N3O2S/c1-12(13-5-4-8-18-9-13)19-16(21)10-20-14-6-2-3-7-15(14)23-11-17(20)22/h2-9,12H,10-11H2,1H3,(H,19,21). The molecule has 23 heavy (non-hydrogen) atoms. The summed E-state index contributed by atoms with van der Waals surface area (Å²) in [6.45, 7) is 1.93. The minimum atomic E-state index is -0.184. The summed E-state index contributed by atoms with van der Waals surface area (Å²) in [6, 6.07) is 11.2. The lowest BCUT2D eigenvalue weighted by atomic mass is 10.1. The number of hydrogen-bond acceptors (Lipinski definition) is 4. The number of carbonyl (C=O) groups excluding carboxylic acids is 2. The van der Waals surface area contributed by atoms with E-state index in [0.717, 1.165) is 16.1 Å². The van der Waals surface area contributed by atoms with Crippen LogP contribution in [0.25, 0.3) is 0 Å². The van der Waals surface area contributed by atoms with Crippen molar-refractivity contribution in [1.82, 2.24) is 10.3 Å². The molecular formula is C17H17N3O2S. The Morgan fingerprint density at radius 3 is 2.96 bits per heavy atom. The number of carbonyl (C=O) groups is 2. The highest BCUT2D eigenvalue weighted by Crippen LogP contribution is 2.34. The van der Waals surface area contributed by atoms with Crippen molar-refractivity contribution in [3.05, 3.63) is 54.4 Å². The molecule has 3 rings (SSSR count). The van der Waals surface area contributed by atoms with Gasteiger partial charge in [-0.25, -0.2) is 0 Å². The van der Waals surface area contributed by atoms with Crippen molar-refractivity contribution >= 4 is 29.3 Å². The van der Waals surface area contributed by atoms with Crippen LogP contribution in [0, 0.1) is 0 Å². The molecule has 5 nitrogen and oxygen atoms in total. The Kier molecular flexibility index (Phi) is 4.62. The van der Waals surface area contributed by atoms with Crippen molar-refractivity contribution in [2.24, 2.45) is 0 Å². The summed E-state index contributed by atoms with van der Waals surface area (Å²) in [4.78, 5) is 31.1. The average Bonchev–Trinajstić information content (AvgIpc) is 2.58. The van der Waals surface area contributed by atoms with Crippen molar-refractivity contribution in [1.29, 1.82) is 0 Å². The van der Waals surface area contributed by atoms with Gasteiger partial charge in [-0.15, -0.1) is 11.8 Å². The van der Waals surface area contributed by atoms with Crippen LogP contribution in [-0.4, -0.2) is 29.1 Å². The van der Waals surface area contributed by atoms with Gasteiger partial charge in [0.2, 0.25) is 11.8 Å². The van der Waals surface area contributed by atoms with Gasteiger partial charge < -0.3 is 10.2 Å². The number of nitrogens with zero attached hydrogens (tertiary/aromatic N) is 2. The summed E-state index contributed by atoms with van der Waals surface area (Å²) in [5, 5.41) is 2.92. The summed E-state index contributed by atoms with van der Waals surface area (Å²) in [7, 11) is 0. The van der Waals surface area contributed by atoms with Crippen LogP contribution in [0.15, 0.2) is 53.7 Å². The second-order valence-corrected chi connectivity index (χ2v) is 6.33. The lowest BCUT2D eigenvalue weighted by Crippen LogP contribution is -2.43. The van der Waals surface area contributed by atoms with E-state index in [0.29, 0.717) is 5.75 Å². The molecule has 2 amide bonds. The summed E-state index contributed by atoms with van der Waals surface area (Å²) in [5.41, 5.74) is 1.74. The zero-order valence-corrected chi connectivity index (χ0v) is 13.5. The van der Waals surface area contributed by atoms with Gasteiger partial charge in [-0.1, -0.05) is 18.2 Å². The molecule has 1 atom stereocenters.